The van der Waals surface area contributed by atoms with Crippen LogP contribution in [-0.2, 0) is 4.74 Å². The second-order valence-corrected chi connectivity index (χ2v) is 7.97. The van der Waals surface area contributed by atoms with Crippen molar-refractivity contribution < 1.29 is 9.53 Å². The second-order valence-electron chi connectivity index (χ2n) is 7.57. The summed E-state index contributed by atoms with van der Waals surface area (Å²) in [6.45, 7) is 7.80. The fourth-order valence-electron chi connectivity index (χ4n) is 3.51. The van der Waals surface area contributed by atoms with E-state index in [4.69, 9.17) is 16.3 Å². The van der Waals surface area contributed by atoms with Gasteiger partial charge in [-0.2, -0.15) is 0 Å². The standard InChI is InChI=1S/C19H24ClNO2/c1-12-5-8-17(20)16(9-12)13-10-14-6-7-15(11-13)21(14)18(22)23-19(2,3)4/h5,8-10,14-15H,6-7,11H2,1-4H3. The van der Waals surface area contributed by atoms with Crippen LogP contribution in [0.1, 0.15) is 51.2 Å². The maximum absolute atomic E-state index is 12.5. The van der Waals surface area contributed by atoms with Crippen molar-refractivity contribution in [1.82, 2.24) is 4.90 Å². The molecule has 0 spiro atoms. The lowest BCUT2D eigenvalue weighted by atomic mass is 9.94. The van der Waals surface area contributed by atoms with E-state index in [1.807, 2.05) is 37.8 Å². The molecule has 0 saturated carbocycles. The van der Waals surface area contributed by atoms with Gasteiger partial charge in [-0.15, -0.1) is 0 Å². The number of aryl methyl sites for hydroxylation is 1. The first-order chi connectivity index (χ1) is 10.7. The number of nitrogens with zero attached hydrogens (tertiary/aromatic N) is 1. The van der Waals surface area contributed by atoms with Gasteiger partial charge < -0.3 is 4.74 Å². The molecule has 2 unspecified atom stereocenters. The minimum absolute atomic E-state index is 0.121. The van der Waals surface area contributed by atoms with Gasteiger partial charge in [-0.25, -0.2) is 4.79 Å². The minimum atomic E-state index is -0.458. The predicted molar refractivity (Wildman–Crippen MR) is 93.7 cm³/mol. The SMILES string of the molecule is Cc1ccc(Cl)c(C2=CC3CCC(C2)N3C(=O)OC(C)(C)C)c1. The summed E-state index contributed by atoms with van der Waals surface area (Å²) in [5.41, 5.74) is 3.10. The van der Waals surface area contributed by atoms with Gasteiger partial charge in [0, 0.05) is 11.1 Å². The lowest BCUT2D eigenvalue weighted by Crippen LogP contribution is -2.45. The van der Waals surface area contributed by atoms with E-state index in [1.54, 1.807) is 0 Å². The largest absolute Gasteiger partial charge is 0.444 e. The number of benzene rings is 1. The van der Waals surface area contributed by atoms with Crippen LogP contribution in [0, 0.1) is 6.92 Å². The van der Waals surface area contributed by atoms with Gasteiger partial charge in [-0.3, -0.25) is 4.90 Å². The molecule has 124 valence electrons. The van der Waals surface area contributed by atoms with Gasteiger partial charge in [0.1, 0.15) is 5.60 Å². The molecular formula is C19H24ClNO2. The lowest BCUT2D eigenvalue weighted by molar-refractivity contribution is 0.0175. The summed E-state index contributed by atoms with van der Waals surface area (Å²) >= 11 is 6.39. The molecule has 4 heteroatoms. The topological polar surface area (TPSA) is 29.5 Å². The maximum atomic E-state index is 12.5. The van der Waals surface area contributed by atoms with Gasteiger partial charge in [0.2, 0.25) is 0 Å². The second kappa shape index (κ2) is 5.86. The Kier molecular flexibility index (Phi) is 4.18. The van der Waals surface area contributed by atoms with E-state index >= 15 is 0 Å². The van der Waals surface area contributed by atoms with Crippen molar-refractivity contribution in [3.63, 3.8) is 0 Å². The van der Waals surface area contributed by atoms with Crippen molar-refractivity contribution in [3.8, 4) is 0 Å². The van der Waals surface area contributed by atoms with Gasteiger partial charge in [-0.1, -0.05) is 35.4 Å². The highest BCUT2D eigenvalue weighted by molar-refractivity contribution is 6.32. The van der Waals surface area contributed by atoms with Crippen molar-refractivity contribution in [2.24, 2.45) is 0 Å². The minimum Gasteiger partial charge on any atom is -0.444 e. The first-order valence-electron chi connectivity index (χ1n) is 8.23. The molecule has 1 aromatic carbocycles. The summed E-state index contributed by atoms with van der Waals surface area (Å²) in [5, 5.41) is 0.784. The monoisotopic (exact) mass is 333 g/mol. The van der Waals surface area contributed by atoms with E-state index in [1.165, 1.54) is 11.1 Å². The molecule has 2 bridgehead atoms. The molecule has 2 aliphatic rings. The fourth-order valence-corrected chi connectivity index (χ4v) is 3.75. The van der Waals surface area contributed by atoms with E-state index < -0.39 is 5.60 Å². The smallest absolute Gasteiger partial charge is 0.411 e. The van der Waals surface area contributed by atoms with E-state index in [0.717, 1.165) is 29.8 Å². The van der Waals surface area contributed by atoms with Crippen molar-refractivity contribution in [1.29, 1.82) is 0 Å². The van der Waals surface area contributed by atoms with E-state index in [2.05, 4.69) is 19.1 Å². The number of carbonyl (C=O) groups excluding carboxylic acids is 1. The maximum Gasteiger partial charge on any atom is 0.411 e. The van der Waals surface area contributed by atoms with Crippen molar-refractivity contribution in [2.75, 3.05) is 0 Å². The summed E-state index contributed by atoms with van der Waals surface area (Å²) in [5.74, 6) is 0. The quantitative estimate of drug-likeness (QED) is 0.706. The molecule has 0 aliphatic carbocycles. The van der Waals surface area contributed by atoms with E-state index in [9.17, 15) is 4.79 Å². The number of hydrogen-bond donors (Lipinski definition) is 0. The molecule has 1 fully saturated rings. The molecule has 1 amide bonds. The van der Waals surface area contributed by atoms with Gasteiger partial charge >= 0.3 is 6.09 Å². The summed E-state index contributed by atoms with van der Waals surface area (Å²) in [7, 11) is 0. The van der Waals surface area contributed by atoms with Crippen molar-refractivity contribution in [2.45, 2.75) is 64.6 Å². The van der Waals surface area contributed by atoms with Crippen LogP contribution in [0.25, 0.3) is 5.57 Å². The van der Waals surface area contributed by atoms with Crippen LogP contribution < -0.4 is 0 Å². The van der Waals surface area contributed by atoms with Gasteiger partial charge in [0.15, 0.2) is 0 Å². The van der Waals surface area contributed by atoms with Gasteiger partial charge in [0.25, 0.3) is 0 Å². The Balaban J connectivity index is 1.86. The molecule has 2 heterocycles. The van der Waals surface area contributed by atoms with E-state index in [-0.39, 0.29) is 18.2 Å². The molecule has 1 saturated heterocycles. The molecule has 2 atom stereocenters. The Morgan fingerprint density at radius 2 is 2.04 bits per heavy atom. The van der Waals surface area contributed by atoms with Gasteiger partial charge in [0.05, 0.1) is 6.04 Å². The van der Waals surface area contributed by atoms with Crippen LogP contribution in [-0.4, -0.2) is 28.7 Å². The zero-order valence-corrected chi connectivity index (χ0v) is 15.0. The van der Waals surface area contributed by atoms with Gasteiger partial charge in [-0.05, 0) is 64.2 Å². The third-order valence-electron chi connectivity index (χ3n) is 4.47. The molecule has 0 aromatic heterocycles. The normalized spacial score (nSPS) is 23.7. The third kappa shape index (κ3) is 3.40. The number of carbonyl (C=O) groups is 1. The van der Waals surface area contributed by atoms with Crippen molar-refractivity contribution >= 4 is 23.3 Å². The zero-order chi connectivity index (χ0) is 16.8. The summed E-state index contributed by atoms with van der Waals surface area (Å²) in [6, 6.07) is 6.45. The fraction of sp³-hybridized carbons (Fsp3) is 0.526. The van der Waals surface area contributed by atoms with E-state index in [0.29, 0.717) is 0 Å². The van der Waals surface area contributed by atoms with Crippen LogP contribution in [0.3, 0.4) is 0 Å². The molecule has 23 heavy (non-hydrogen) atoms. The average Bonchev–Trinajstić information content (AvgIpc) is 2.71. The van der Waals surface area contributed by atoms with Crippen LogP contribution >= 0.6 is 11.6 Å². The van der Waals surface area contributed by atoms with Crippen molar-refractivity contribution in [3.05, 3.63) is 40.4 Å². The number of rotatable bonds is 1. The highest BCUT2D eigenvalue weighted by Crippen LogP contribution is 2.41. The molecule has 1 aromatic rings. The Morgan fingerprint density at radius 1 is 1.30 bits per heavy atom. The average molecular weight is 334 g/mol. The first-order valence-corrected chi connectivity index (χ1v) is 8.61. The summed E-state index contributed by atoms with van der Waals surface area (Å²) < 4.78 is 5.57. The molecule has 3 nitrogen and oxygen atoms in total. The summed E-state index contributed by atoms with van der Waals surface area (Å²) in [6.07, 6.45) is 4.87. The van der Waals surface area contributed by atoms with Crippen LogP contribution in [0.2, 0.25) is 5.02 Å². The number of hydrogen-bond acceptors (Lipinski definition) is 2. The highest BCUT2D eigenvalue weighted by atomic mass is 35.5. The lowest BCUT2D eigenvalue weighted by Gasteiger charge is -2.35. The number of fused-ring (bicyclic) bond motifs is 2. The van der Waals surface area contributed by atoms with Crippen LogP contribution in [0.4, 0.5) is 4.79 Å². The number of amides is 1. The Labute approximate surface area is 143 Å². The predicted octanol–water partition coefficient (Wildman–Crippen LogP) is 5.20. The van der Waals surface area contributed by atoms with Crippen LogP contribution in [0.5, 0.6) is 0 Å². The third-order valence-corrected chi connectivity index (χ3v) is 4.80. The zero-order valence-electron chi connectivity index (χ0n) is 14.2. The molecule has 0 radical (unpaired) electrons. The Morgan fingerprint density at radius 3 is 2.70 bits per heavy atom. The molecule has 3 rings (SSSR count). The highest BCUT2D eigenvalue weighted by Gasteiger charge is 2.41. The number of ether oxygens (including phenoxy) is 1. The number of halogens is 1. The molecular weight excluding hydrogens is 310 g/mol. The summed E-state index contributed by atoms with van der Waals surface area (Å²) in [4.78, 5) is 14.4. The molecule has 2 aliphatic heterocycles. The molecule has 0 N–H and O–H groups in total. The van der Waals surface area contributed by atoms with Crippen LogP contribution in [0.15, 0.2) is 24.3 Å². The Hall–Kier alpha value is -1.48. The Bertz CT molecular complexity index is 660. The first kappa shape index (κ1) is 16.4.